The zero-order chi connectivity index (χ0) is 25.1. The van der Waals surface area contributed by atoms with E-state index >= 15 is 0 Å². The summed E-state index contributed by atoms with van der Waals surface area (Å²) < 4.78 is 19.4. The monoisotopic (exact) mass is 490 g/mol. The van der Waals surface area contributed by atoms with Gasteiger partial charge in [0.15, 0.2) is 0 Å². The first-order chi connectivity index (χ1) is 17.5. The minimum atomic E-state index is -0.880. The summed E-state index contributed by atoms with van der Waals surface area (Å²) in [6.07, 6.45) is 2.30. The number of para-hydroxylation sites is 1. The SMILES string of the molecule is O=C(CN1CN(c2ccccc2)C2(CCN(C(=O)c3ccccc3F)CC2)C1=O)NCc1ccco1. The maximum atomic E-state index is 14.2. The fourth-order valence-corrected chi connectivity index (χ4v) is 5.04. The molecule has 3 heterocycles. The first-order valence-electron chi connectivity index (χ1n) is 11.9. The number of likely N-dealkylation sites (tertiary alicyclic amines) is 1. The van der Waals surface area contributed by atoms with Gasteiger partial charge in [0.05, 0.1) is 25.0 Å². The van der Waals surface area contributed by atoms with Crippen molar-refractivity contribution in [2.45, 2.75) is 24.9 Å². The third kappa shape index (κ3) is 4.44. The summed E-state index contributed by atoms with van der Waals surface area (Å²) in [5.41, 5.74) is 0.0217. The van der Waals surface area contributed by atoms with Crippen LogP contribution in [0.4, 0.5) is 10.1 Å². The van der Waals surface area contributed by atoms with E-state index in [2.05, 4.69) is 5.32 Å². The van der Waals surface area contributed by atoms with Crippen LogP contribution in [0.25, 0.3) is 0 Å². The van der Waals surface area contributed by atoms with Gasteiger partial charge in [0.2, 0.25) is 5.91 Å². The first kappa shape index (κ1) is 23.6. The summed E-state index contributed by atoms with van der Waals surface area (Å²) >= 11 is 0. The van der Waals surface area contributed by atoms with Crippen LogP contribution in [0.2, 0.25) is 0 Å². The van der Waals surface area contributed by atoms with Crippen molar-refractivity contribution in [2.75, 3.05) is 31.2 Å². The molecule has 8 nitrogen and oxygen atoms in total. The van der Waals surface area contributed by atoms with Crippen molar-refractivity contribution in [1.29, 1.82) is 0 Å². The molecule has 0 unspecified atom stereocenters. The summed E-state index contributed by atoms with van der Waals surface area (Å²) in [5, 5.41) is 2.79. The summed E-state index contributed by atoms with van der Waals surface area (Å²) in [6, 6.07) is 19.0. The van der Waals surface area contributed by atoms with E-state index in [4.69, 9.17) is 4.42 Å². The van der Waals surface area contributed by atoms with Gasteiger partial charge in [-0.15, -0.1) is 0 Å². The topological polar surface area (TPSA) is 86.1 Å². The second-order valence-electron chi connectivity index (χ2n) is 9.07. The van der Waals surface area contributed by atoms with Crippen LogP contribution in [0.5, 0.6) is 0 Å². The molecule has 2 saturated heterocycles. The maximum Gasteiger partial charge on any atom is 0.256 e. The number of anilines is 1. The second kappa shape index (κ2) is 9.85. The van der Waals surface area contributed by atoms with Crippen LogP contribution in [-0.4, -0.2) is 59.4 Å². The largest absolute Gasteiger partial charge is 0.467 e. The molecule has 1 aromatic heterocycles. The predicted molar refractivity (Wildman–Crippen MR) is 130 cm³/mol. The van der Waals surface area contributed by atoms with E-state index in [9.17, 15) is 18.8 Å². The van der Waals surface area contributed by atoms with Crippen LogP contribution in [0.3, 0.4) is 0 Å². The highest BCUT2D eigenvalue weighted by Gasteiger charge is 2.54. The number of amides is 3. The maximum absolute atomic E-state index is 14.2. The molecule has 1 spiro atoms. The quantitative estimate of drug-likeness (QED) is 0.574. The lowest BCUT2D eigenvalue weighted by molar-refractivity contribution is -0.137. The number of carbonyl (C=O) groups excluding carboxylic acids is 3. The Labute approximate surface area is 208 Å². The van der Waals surface area contributed by atoms with E-state index < -0.39 is 11.4 Å². The molecule has 2 aromatic carbocycles. The molecule has 1 N–H and O–H groups in total. The fourth-order valence-electron chi connectivity index (χ4n) is 5.04. The Morgan fingerprint density at radius 1 is 0.972 bits per heavy atom. The van der Waals surface area contributed by atoms with Crippen molar-refractivity contribution < 1.29 is 23.2 Å². The molecule has 3 aromatic rings. The van der Waals surface area contributed by atoms with Crippen molar-refractivity contribution in [2.24, 2.45) is 0 Å². The van der Waals surface area contributed by atoms with Gasteiger partial charge >= 0.3 is 0 Å². The Morgan fingerprint density at radius 2 is 1.69 bits per heavy atom. The molecule has 0 aliphatic carbocycles. The standard InChI is InChI=1S/C27H27FN4O4/c28-23-11-5-4-10-22(23)25(34)30-14-12-27(13-15-30)26(35)31(19-32(27)20-7-2-1-3-8-20)18-24(33)29-17-21-9-6-16-36-21/h1-11,16H,12-15,17-19H2,(H,29,33). The number of furan rings is 1. The molecular formula is C27H27FN4O4. The van der Waals surface area contributed by atoms with Gasteiger partial charge in [-0.3, -0.25) is 14.4 Å². The molecule has 0 radical (unpaired) electrons. The Balaban J connectivity index is 1.32. The lowest BCUT2D eigenvalue weighted by Gasteiger charge is -2.43. The Morgan fingerprint density at radius 3 is 2.39 bits per heavy atom. The normalized spacial score (nSPS) is 17.0. The van der Waals surface area contributed by atoms with E-state index in [0.29, 0.717) is 31.7 Å². The molecular weight excluding hydrogens is 463 g/mol. The van der Waals surface area contributed by atoms with Gasteiger partial charge in [-0.25, -0.2) is 4.39 Å². The minimum absolute atomic E-state index is 0.0287. The zero-order valence-corrected chi connectivity index (χ0v) is 19.7. The van der Waals surface area contributed by atoms with Gasteiger partial charge in [-0.1, -0.05) is 30.3 Å². The molecule has 0 saturated carbocycles. The van der Waals surface area contributed by atoms with Gasteiger partial charge in [0, 0.05) is 18.8 Å². The Bertz CT molecular complexity index is 1240. The number of piperidine rings is 1. The van der Waals surface area contributed by atoms with Crippen molar-refractivity contribution in [3.63, 3.8) is 0 Å². The third-order valence-electron chi connectivity index (χ3n) is 6.94. The lowest BCUT2D eigenvalue weighted by atomic mass is 9.85. The number of carbonyl (C=O) groups is 3. The van der Waals surface area contributed by atoms with E-state index in [-0.39, 0.29) is 43.0 Å². The number of hydrogen-bond donors (Lipinski definition) is 1. The Hall–Kier alpha value is -4.14. The molecule has 36 heavy (non-hydrogen) atoms. The molecule has 9 heteroatoms. The number of nitrogens with one attached hydrogen (secondary N) is 1. The summed E-state index contributed by atoms with van der Waals surface area (Å²) in [5.74, 6) is -0.731. The highest BCUT2D eigenvalue weighted by molar-refractivity contribution is 5.97. The number of hydrogen-bond acceptors (Lipinski definition) is 5. The minimum Gasteiger partial charge on any atom is -0.467 e. The molecule has 0 atom stereocenters. The Kier molecular flexibility index (Phi) is 6.45. The first-order valence-corrected chi connectivity index (χ1v) is 11.9. The molecule has 2 fully saturated rings. The summed E-state index contributed by atoms with van der Waals surface area (Å²) in [6.45, 7) is 1.04. The van der Waals surface area contributed by atoms with E-state index in [1.807, 2.05) is 35.2 Å². The average molecular weight is 491 g/mol. The number of benzene rings is 2. The van der Waals surface area contributed by atoms with Gasteiger partial charge in [-0.05, 0) is 49.2 Å². The molecule has 3 amide bonds. The second-order valence-corrected chi connectivity index (χ2v) is 9.07. The van der Waals surface area contributed by atoms with Crippen LogP contribution >= 0.6 is 0 Å². The highest BCUT2D eigenvalue weighted by atomic mass is 19.1. The van der Waals surface area contributed by atoms with Crippen LogP contribution in [0.1, 0.15) is 29.0 Å². The van der Waals surface area contributed by atoms with E-state index in [1.54, 1.807) is 34.1 Å². The van der Waals surface area contributed by atoms with Gasteiger partial charge in [-0.2, -0.15) is 0 Å². The van der Waals surface area contributed by atoms with Gasteiger partial charge in [0.1, 0.15) is 23.7 Å². The van der Waals surface area contributed by atoms with Crippen molar-refractivity contribution in [3.8, 4) is 0 Å². The lowest BCUT2D eigenvalue weighted by Crippen LogP contribution is -2.57. The zero-order valence-electron chi connectivity index (χ0n) is 19.7. The predicted octanol–water partition coefficient (Wildman–Crippen LogP) is 3.02. The molecule has 5 rings (SSSR count). The van der Waals surface area contributed by atoms with Crippen molar-refractivity contribution in [1.82, 2.24) is 15.1 Å². The molecule has 2 aliphatic heterocycles. The summed E-state index contributed by atoms with van der Waals surface area (Å²) in [7, 11) is 0. The smallest absolute Gasteiger partial charge is 0.256 e. The summed E-state index contributed by atoms with van der Waals surface area (Å²) in [4.78, 5) is 44.5. The van der Waals surface area contributed by atoms with Crippen molar-refractivity contribution in [3.05, 3.63) is 90.1 Å². The van der Waals surface area contributed by atoms with Gasteiger partial charge < -0.3 is 24.4 Å². The average Bonchev–Trinajstić information content (AvgIpc) is 3.52. The highest BCUT2D eigenvalue weighted by Crippen LogP contribution is 2.39. The molecule has 0 bridgehead atoms. The third-order valence-corrected chi connectivity index (χ3v) is 6.94. The number of halogens is 1. The molecule has 186 valence electrons. The number of nitrogens with zero attached hydrogens (tertiary/aromatic N) is 3. The van der Waals surface area contributed by atoms with Crippen LogP contribution in [-0.2, 0) is 16.1 Å². The van der Waals surface area contributed by atoms with E-state index in [1.165, 1.54) is 18.4 Å². The van der Waals surface area contributed by atoms with Crippen molar-refractivity contribution >= 4 is 23.4 Å². The molecule has 2 aliphatic rings. The van der Waals surface area contributed by atoms with E-state index in [0.717, 1.165) is 5.69 Å². The van der Waals surface area contributed by atoms with Crippen LogP contribution < -0.4 is 10.2 Å². The number of rotatable bonds is 6. The van der Waals surface area contributed by atoms with Gasteiger partial charge in [0.25, 0.3) is 11.8 Å². The van der Waals surface area contributed by atoms with Crippen LogP contribution in [0, 0.1) is 5.82 Å². The van der Waals surface area contributed by atoms with Crippen LogP contribution in [0.15, 0.2) is 77.4 Å². The fraction of sp³-hybridized carbons (Fsp3) is 0.296.